The Morgan fingerprint density at radius 2 is 1.94 bits per heavy atom. The lowest BCUT2D eigenvalue weighted by molar-refractivity contribution is 1.12. The third kappa shape index (κ3) is 1.37. The molecule has 0 aliphatic heterocycles. The number of aromatic amines is 1. The number of aryl methyl sites for hydroxylation is 1. The third-order valence-electron chi connectivity index (χ3n) is 2.78. The molecule has 1 aromatic carbocycles. The molecule has 0 aliphatic carbocycles. The zero-order valence-electron chi connectivity index (χ0n) is 8.94. The fourth-order valence-corrected chi connectivity index (χ4v) is 1.94. The van der Waals surface area contributed by atoms with Crippen LogP contribution in [-0.2, 0) is 0 Å². The summed E-state index contributed by atoms with van der Waals surface area (Å²) in [5.74, 6) is 0. The number of fused-ring (bicyclic) bond motifs is 1. The number of pyridine rings is 1. The molecule has 16 heavy (non-hydrogen) atoms. The van der Waals surface area contributed by atoms with Crippen LogP contribution in [0.3, 0.4) is 0 Å². The predicted octanol–water partition coefficient (Wildman–Crippen LogP) is 2.93. The molecule has 0 unspecified atom stereocenters. The SMILES string of the molecule is Cc1cc2[nH]ncc2cc1-c1ccncc1. The molecule has 3 heteroatoms. The van der Waals surface area contributed by atoms with Crippen molar-refractivity contribution in [1.82, 2.24) is 15.2 Å². The van der Waals surface area contributed by atoms with Gasteiger partial charge in [-0.2, -0.15) is 5.10 Å². The van der Waals surface area contributed by atoms with E-state index < -0.39 is 0 Å². The van der Waals surface area contributed by atoms with E-state index >= 15 is 0 Å². The van der Waals surface area contributed by atoms with Crippen molar-refractivity contribution in [2.24, 2.45) is 0 Å². The van der Waals surface area contributed by atoms with Gasteiger partial charge in [0.25, 0.3) is 0 Å². The Bertz CT molecular complexity index is 626. The second-order valence-corrected chi connectivity index (χ2v) is 3.86. The van der Waals surface area contributed by atoms with Gasteiger partial charge < -0.3 is 0 Å². The average molecular weight is 209 g/mol. The van der Waals surface area contributed by atoms with E-state index in [1.165, 1.54) is 16.7 Å². The second-order valence-electron chi connectivity index (χ2n) is 3.86. The van der Waals surface area contributed by atoms with Crippen LogP contribution in [0.1, 0.15) is 5.56 Å². The van der Waals surface area contributed by atoms with Gasteiger partial charge in [0, 0.05) is 17.8 Å². The maximum absolute atomic E-state index is 4.04. The average Bonchev–Trinajstić information content (AvgIpc) is 2.76. The number of H-pyrrole nitrogens is 1. The number of rotatable bonds is 1. The molecule has 1 N–H and O–H groups in total. The van der Waals surface area contributed by atoms with Crippen LogP contribution >= 0.6 is 0 Å². The van der Waals surface area contributed by atoms with E-state index in [0.717, 1.165) is 10.9 Å². The van der Waals surface area contributed by atoms with E-state index in [9.17, 15) is 0 Å². The van der Waals surface area contributed by atoms with E-state index in [-0.39, 0.29) is 0 Å². The van der Waals surface area contributed by atoms with Gasteiger partial charge in [-0.05, 0) is 47.9 Å². The van der Waals surface area contributed by atoms with Gasteiger partial charge in [0.2, 0.25) is 0 Å². The van der Waals surface area contributed by atoms with E-state index in [2.05, 4.69) is 34.2 Å². The fourth-order valence-electron chi connectivity index (χ4n) is 1.94. The summed E-state index contributed by atoms with van der Waals surface area (Å²) in [5.41, 5.74) is 4.74. The van der Waals surface area contributed by atoms with Crippen molar-refractivity contribution in [3.05, 3.63) is 48.4 Å². The van der Waals surface area contributed by atoms with Crippen molar-refractivity contribution in [3.8, 4) is 11.1 Å². The lowest BCUT2D eigenvalue weighted by atomic mass is 10.00. The fraction of sp³-hybridized carbons (Fsp3) is 0.0769. The highest BCUT2D eigenvalue weighted by Crippen LogP contribution is 2.26. The van der Waals surface area contributed by atoms with Crippen LogP contribution in [0.2, 0.25) is 0 Å². The van der Waals surface area contributed by atoms with Gasteiger partial charge in [-0.25, -0.2) is 0 Å². The quantitative estimate of drug-likeness (QED) is 0.669. The highest BCUT2D eigenvalue weighted by molar-refractivity contribution is 5.85. The van der Waals surface area contributed by atoms with Crippen molar-refractivity contribution in [3.63, 3.8) is 0 Å². The molecule has 0 bridgehead atoms. The summed E-state index contributed by atoms with van der Waals surface area (Å²) in [6, 6.07) is 8.32. The summed E-state index contributed by atoms with van der Waals surface area (Å²) in [4.78, 5) is 4.03. The summed E-state index contributed by atoms with van der Waals surface area (Å²) >= 11 is 0. The minimum absolute atomic E-state index is 1.08. The molecule has 0 spiro atoms. The first-order valence-corrected chi connectivity index (χ1v) is 5.19. The molecule has 0 radical (unpaired) electrons. The molecule has 2 heterocycles. The Hall–Kier alpha value is -2.16. The van der Waals surface area contributed by atoms with Crippen molar-refractivity contribution < 1.29 is 0 Å². The molecule has 0 amide bonds. The van der Waals surface area contributed by atoms with Gasteiger partial charge in [-0.1, -0.05) is 0 Å². The molecule has 0 atom stereocenters. The van der Waals surface area contributed by atoms with E-state index in [0.29, 0.717) is 0 Å². The number of aromatic nitrogens is 3. The summed E-state index contributed by atoms with van der Waals surface area (Å²) < 4.78 is 0. The molecule has 78 valence electrons. The van der Waals surface area contributed by atoms with Crippen LogP contribution < -0.4 is 0 Å². The predicted molar refractivity (Wildman–Crippen MR) is 64.1 cm³/mol. The van der Waals surface area contributed by atoms with E-state index in [1.54, 1.807) is 0 Å². The van der Waals surface area contributed by atoms with Gasteiger partial charge in [0.05, 0.1) is 11.7 Å². The van der Waals surface area contributed by atoms with Crippen LogP contribution in [0.15, 0.2) is 42.9 Å². The molecule has 3 rings (SSSR count). The van der Waals surface area contributed by atoms with Gasteiger partial charge in [0.1, 0.15) is 0 Å². The number of hydrogen-bond donors (Lipinski definition) is 1. The van der Waals surface area contributed by atoms with E-state index in [1.807, 2.05) is 30.7 Å². The van der Waals surface area contributed by atoms with Crippen LogP contribution in [0.5, 0.6) is 0 Å². The zero-order valence-corrected chi connectivity index (χ0v) is 8.94. The third-order valence-corrected chi connectivity index (χ3v) is 2.78. The van der Waals surface area contributed by atoms with Crippen molar-refractivity contribution in [2.45, 2.75) is 6.92 Å². The summed E-state index contributed by atoms with van der Waals surface area (Å²) in [7, 11) is 0. The first-order chi connectivity index (χ1) is 7.84. The van der Waals surface area contributed by atoms with Crippen molar-refractivity contribution >= 4 is 10.9 Å². The van der Waals surface area contributed by atoms with Crippen LogP contribution in [-0.4, -0.2) is 15.2 Å². The first kappa shape index (κ1) is 9.09. The minimum atomic E-state index is 1.08. The van der Waals surface area contributed by atoms with Gasteiger partial charge in [-0.3, -0.25) is 10.1 Å². The minimum Gasteiger partial charge on any atom is -0.278 e. The molecule has 0 fully saturated rings. The van der Waals surface area contributed by atoms with E-state index in [4.69, 9.17) is 0 Å². The Morgan fingerprint density at radius 1 is 1.12 bits per heavy atom. The maximum Gasteiger partial charge on any atom is 0.0653 e. The largest absolute Gasteiger partial charge is 0.278 e. The Morgan fingerprint density at radius 3 is 2.75 bits per heavy atom. The van der Waals surface area contributed by atoms with Crippen LogP contribution in [0.4, 0.5) is 0 Å². The number of hydrogen-bond acceptors (Lipinski definition) is 2. The highest BCUT2D eigenvalue weighted by atomic mass is 15.1. The summed E-state index contributed by atoms with van der Waals surface area (Å²) in [6.45, 7) is 2.11. The Kier molecular flexibility index (Phi) is 1.96. The Balaban J connectivity index is 2.27. The molecular formula is C13H11N3. The lowest BCUT2D eigenvalue weighted by Crippen LogP contribution is -1.84. The first-order valence-electron chi connectivity index (χ1n) is 5.19. The topological polar surface area (TPSA) is 41.6 Å². The highest BCUT2D eigenvalue weighted by Gasteiger charge is 2.04. The lowest BCUT2D eigenvalue weighted by Gasteiger charge is -2.05. The molecular weight excluding hydrogens is 198 g/mol. The van der Waals surface area contributed by atoms with Crippen LogP contribution in [0, 0.1) is 6.92 Å². The molecule has 3 nitrogen and oxygen atoms in total. The normalized spacial score (nSPS) is 10.8. The molecule has 2 aromatic heterocycles. The summed E-state index contributed by atoms with van der Waals surface area (Å²) in [6.07, 6.45) is 5.47. The van der Waals surface area contributed by atoms with Gasteiger partial charge in [0.15, 0.2) is 0 Å². The van der Waals surface area contributed by atoms with Crippen molar-refractivity contribution in [1.29, 1.82) is 0 Å². The maximum atomic E-state index is 4.04. The Labute approximate surface area is 93.2 Å². The number of benzene rings is 1. The standard InChI is InChI=1S/C13H11N3/c1-9-6-13-11(8-15-16-13)7-12(9)10-2-4-14-5-3-10/h2-8H,1H3,(H,15,16). The molecule has 0 saturated heterocycles. The zero-order chi connectivity index (χ0) is 11.0. The van der Waals surface area contributed by atoms with Crippen LogP contribution in [0.25, 0.3) is 22.0 Å². The van der Waals surface area contributed by atoms with Crippen molar-refractivity contribution in [2.75, 3.05) is 0 Å². The molecule has 0 aliphatic rings. The van der Waals surface area contributed by atoms with Gasteiger partial charge >= 0.3 is 0 Å². The summed E-state index contributed by atoms with van der Waals surface area (Å²) in [5, 5.41) is 8.15. The molecule has 3 aromatic rings. The molecule has 0 saturated carbocycles. The monoisotopic (exact) mass is 209 g/mol. The number of nitrogens with one attached hydrogen (secondary N) is 1. The number of nitrogens with zero attached hydrogens (tertiary/aromatic N) is 2. The smallest absolute Gasteiger partial charge is 0.0653 e. The second kappa shape index (κ2) is 3.45. The van der Waals surface area contributed by atoms with Gasteiger partial charge in [-0.15, -0.1) is 0 Å².